The number of aromatic nitrogens is 1. The summed E-state index contributed by atoms with van der Waals surface area (Å²) < 4.78 is 0. The number of amides is 1. The molecule has 0 unspecified atom stereocenters. The van der Waals surface area contributed by atoms with Crippen molar-refractivity contribution in [3.05, 3.63) is 87.9 Å². The summed E-state index contributed by atoms with van der Waals surface area (Å²) in [5.74, 6) is 0.498. The molecule has 3 nitrogen and oxygen atoms in total. The molecule has 4 rings (SSSR count). The second-order valence-corrected chi connectivity index (χ2v) is 7.73. The number of rotatable bonds is 4. The van der Waals surface area contributed by atoms with Crippen molar-refractivity contribution >= 4 is 17.2 Å². The minimum absolute atomic E-state index is 0.0705. The number of thiazole rings is 1. The Labute approximate surface area is 158 Å². The Hall–Kier alpha value is -2.46. The van der Waals surface area contributed by atoms with E-state index in [9.17, 15) is 4.79 Å². The fourth-order valence-corrected chi connectivity index (χ4v) is 4.38. The summed E-state index contributed by atoms with van der Waals surface area (Å²) in [5, 5.41) is 2.91. The normalized spacial score (nSPS) is 17.2. The highest BCUT2D eigenvalue weighted by Crippen LogP contribution is 2.28. The molecule has 2 heterocycles. The number of carbonyl (C=O) groups is 1. The number of hydrogen-bond acceptors (Lipinski definition) is 3. The van der Waals surface area contributed by atoms with E-state index in [1.165, 1.54) is 11.1 Å². The van der Waals surface area contributed by atoms with Gasteiger partial charge in [0.1, 0.15) is 5.69 Å². The van der Waals surface area contributed by atoms with Gasteiger partial charge in [-0.2, -0.15) is 0 Å². The first-order valence-corrected chi connectivity index (χ1v) is 10.00. The summed E-state index contributed by atoms with van der Waals surface area (Å²) in [6.07, 6.45) is 2.97. The van der Waals surface area contributed by atoms with Gasteiger partial charge in [-0.05, 0) is 24.0 Å². The van der Waals surface area contributed by atoms with Crippen LogP contribution in [0.1, 0.15) is 45.4 Å². The largest absolute Gasteiger partial charge is 0.337 e. The van der Waals surface area contributed by atoms with Crippen molar-refractivity contribution < 1.29 is 4.79 Å². The second-order valence-electron chi connectivity index (χ2n) is 6.79. The van der Waals surface area contributed by atoms with Crippen LogP contribution in [0.3, 0.4) is 0 Å². The Morgan fingerprint density at radius 1 is 1.08 bits per heavy atom. The van der Waals surface area contributed by atoms with Crippen LogP contribution in [0.4, 0.5) is 0 Å². The van der Waals surface area contributed by atoms with Crippen molar-refractivity contribution in [2.45, 2.75) is 25.2 Å². The van der Waals surface area contributed by atoms with Crippen LogP contribution < -0.4 is 0 Å². The van der Waals surface area contributed by atoms with Gasteiger partial charge in [-0.15, -0.1) is 11.3 Å². The van der Waals surface area contributed by atoms with Crippen molar-refractivity contribution in [3.63, 3.8) is 0 Å². The van der Waals surface area contributed by atoms with E-state index in [0.29, 0.717) is 11.6 Å². The molecule has 3 aromatic rings. The van der Waals surface area contributed by atoms with Gasteiger partial charge in [0.2, 0.25) is 0 Å². The molecule has 1 amide bonds. The van der Waals surface area contributed by atoms with E-state index in [4.69, 9.17) is 0 Å². The first-order chi connectivity index (χ1) is 12.8. The molecule has 0 aliphatic carbocycles. The quantitative estimate of drug-likeness (QED) is 0.671. The van der Waals surface area contributed by atoms with Crippen molar-refractivity contribution in [3.8, 4) is 0 Å². The van der Waals surface area contributed by atoms with E-state index in [1.807, 2.05) is 34.5 Å². The average molecular weight is 362 g/mol. The van der Waals surface area contributed by atoms with Crippen molar-refractivity contribution in [1.29, 1.82) is 0 Å². The number of hydrogen-bond donors (Lipinski definition) is 0. The van der Waals surface area contributed by atoms with Gasteiger partial charge in [-0.3, -0.25) is 4.79 Å². The Kier molecular flexibility index (Phi) is 5.12. The van der Waals surface area contributed by atoms with Crippen molar-refractivity contribution in [1.82, 2.24) is 9.88 Å². The van der Waals surface area contributed by atoms with E-state index in [1.54, 1.807) is 11.3 Å². The van der Waals surface area contributed by atoms with Crippen LogP contribution in [0.5, 0.6) is 0 Å². The molecule has 1 saturated heterocycles. The lowest BCUT2D eigenvalue weighted by Gasteiger charge is -2.32. The molecule has 4 heteroatoms. The number of likely N-dealkylation sites (tertiary alicyclic amines) is 1. The van der Waals surface area contributed by atoms with Gasteiger partial charge in [-0.1, -0.05) is 60.7 Å². The first kappa shape index (κ1) is 17.0. The maximum absolute atomic E-state index is 12.9. The van der Waals surface area contributed by atoms with Crippen LogP contribution in [-0.4, -0.2) is 28.9 Å². The molecule has 1 atom stereocenters. The zero-order valence-electron chi connectivity index (χ0n) is 14.7. The topological polar surface area (TPSA) is 33.2 Å². The number of nitrogens with zero attached hydrogens (tertiary/aromatic N) is 2. The minimum atomic E-state index is 0.0705. The lowest BCUT2D eigenvalue weighted by atomic mass is 9.90. The fourth-order valence-electron chi connectivity index (χ4n) is 3.58. The molecule has 1 fully saturated rings. The molecule has 2 aromatic carbocycles. The third kappa shape index (κ3) is 3.86. The van der Waals surface area contributed by atoms with Gasteiger partial charge in [0.05, 0.1) is 5.01 Å². The van der Waals surface area contributed by atoms with Crippen molar-refractivity contribution in [2.75, 3.05) is 13.1 Å². The van der Waals surface area contributed by atoms with E-state index in [2.05, 4.69) is 41.4 Å². The second kappa shape index (κ2) is 7.83. The molecule has 0 bridgehead atoms. The van der Waals surface area contributed by atoms with Gasteiger partial charge in [0.25, 0.3) is 5.91 Å². The van der Waals surface area contributed by atoms with E-state index >= 15 is 0 Å². The molecule has 1 aliphatic heterocycles. The van der Waals surface area contributed by atoms with Gasteiger partial charge in [0.15, 0.2) is 0 Å². The maximum atomic E-state index is 12.9. The highest BCUT2D eigenvalue weighted by molar-refractivity contribution is 7.09. The predicted molar refractivity (Wildman–Crippen MR) is 106 cm³/mol. The zero-order chi connectivity index (χ0) is 17.8. The van der Waals surface area contributed by atoms with Crippen LogP contribution in [0.2, 0.25) is 0 Å². The lowest BCUT2D eigenvalue weighted by molar-refractivity contribution is 0.0702. The summed E-state index contributed by atoms with van der Waals surface area (Å²) >= 11 is 1.58. The molecule has 1 aliphatic rings. The third-order valence-corrected chi connectivity index (χ3v) is 5.80. The number of benzene rings is 2. The SMILES string of the molecule is O=C(c1csc(Cc2ccccc2)n1)N1CCC[C@@H](c2ccccc2)C1. The van der Waals surface area contributed by atoms with Crippen molar-refractivity contribution in [2.24, 2.45) is 0 Å². The van der Waals surface area contributed by atoms with Gasteiger partial charge >= 0.3 is 0 Å². The summed E-state index contributed by atoms with van der Waals surface area (Å²) in [7, 11) is 0. The molecule has 0 radical (unpaired) electrons. The molecule has 0 spiro atoms. The van der Waals surface area contributed by atoms with Crippen LogP contribution in [0, 0.1) is 0 Å². The monoisotopic (exact) mass is 362 g/mol. The van der Waals surface area contributed by atoms with E-state index in [-0.39, 0.29) is 5.91 Å². The number of piperidine rings is 1. The predicted octanol–water partition coefficient (Wildman–Crippen LogP) is 4.75. The Morgan fingerprint density at radius 2 is 1.81 bits per heavy atom. The minimum Gasteiger partial charge on any atom is -0.337 e. The highest BCUT2D eigenvalue weighted by Gasteiger charge is 2.26. The summed E-state index contributed by atoms with van der Waals surface area (Å²) in [6, 6.07) is 20.8. The smallest absolute Gasteiger partial charge is 0.273 e. The highest BCUT2D eigenvalue weighted by atomic mass is 32.1. The summed E-state index contributed by atoms with van der Waals surface area (Å²) in [4.78, 5) is 19.5. The molecule has 1 aromatic heterocycles. The molecule has 0 saturated carbocycles. The Morgan fingerprint density at radius 3 is 2.58 bits per heavy atom. The van der Waals surface area contributed by atoms with Gasteiger partial charge in [0, 0.05) is 30.8 Å². The van der Waals surface area contributed by atoms with Crippen LogP contribution in [0.15, 0.2) is 66.0 Å². The molecule has 0 N–H and O–H groups in total. The van der Waals surface area contributed by atoms with E-state index in [0.717, 1.165) is 37.4 Å². The maximum Gasteiger partial charge on any atom is 0.273 e. The summed E-state index contributed by atoms with van der Waals surface area (Å²) in [6.45, 7) is 1.61. The standard InChI is InChI=1S/C22H22N2OS/c25-22(20-16-26-21(23-20)14-17-8-3-1-4-9-17)24-13-7-12-19(15-24)18-10-5-2-6-11-18/h1-6,8-11,16,19H,7,12-15H2/t19-/m1/s1. The van der Waals surface area contributed by atoms with Gasteiger partial charge < -0.3 is 4.90 Å². The first-order valence-electron chi connectivity index (χ1n) is 9.12. The van der Waals surface area contributed by atoms with Gasteiger partial charge in [-0.25, -0.2) is 4.98 Å². The van der Waals surface area contributed by atoms with E-state index < -0.39 is 0 Å². The Bertz CT molecular complexity index is 860. The van der Waals surface area contributed by atoms with Crippen LogP contribution in [0.25, 0.3) is 0 Å². The molecular formula is C22H22N2OS. The molecule has 26 heavy (non-hydrogen) atoms. The van der Waals surface area contributed by atoms with Crippen LogP contribution in [-0.2, 0) is 6.42 Å². The summed E-state index contributed by atoms with van der Waals surface area (Å²) in [5.41, 5.74) is 3.14. The Balaban J connectivity index is 1.44. The third-order valence-electron chi connectivity index (χ3n) is 4.95. The molecular weight excluding hydrogens is 340 g/mol. The number of carbonyl (C=O) groups excluding carboxylic acids is 1. The average Bonchev–Trinajstić information content (AvgIpc) is 3.17. The molecule has 132 valence electrons. The zero-order valence-corrected chi connectivity index (χ0v) is 15.5. The van der Waals surface area contributed by atoms with Crippen LogP contribution >= 0.6 is 11.3 Å². The lowest BCUT2D eigenvalue weighted by Crippen LogP contribution is -2.39. The fraction of sp³-hybridized carbons (Fsp3) is 0.273.